The Morgan fingerprint density at radius 1 is 1.58 bits per heavy atom. The molecule has 0 unspecified atom stereocenters. The van der Waals surface area contributed by atoms with Gasteiger partial charge in [-0.15, -0.1) is 0 Å². The van der Waals surface area contributed by atoms with Crippen molar-refractivity contribution in [3.63, 3.8) is 0 Å². The maximum atomic E-state index is 11.2. The fourth-order valence-corrected chi connectivity index (χ4v) is 1.57. The van der Waals surface area contributed by atoms with Crippen molar-refractivity contribution in [1.82, 2.24) is 15.6 Å². The average molecular weight is 265 g/mol. The Labute approximate surface area is 111 Å². The van der Waals surface area contributed by atoms with Gasteiger partial charge in [0.2, 0.25) is 5.91 Å². The molecular weight excluding hydrogens is 246 g/mol. The number of nitrogens with zero attached hydrogens (tertiary/aromatic N) is 2. The summed E-state index contributed by atoms with van der Waals surface area (Å²) in [5.41, 5.74) is 6.79. The van der Waals surface area contributed by atoms with Crippen molar-refractivity contribution < 1.29 is 10.0 Å². The summed E-state index contributed by atoms with van der Waals surface area (Å²) in [5.74, 6) is -0.0148. The van der Waals surface area contributed by atoms with E-state index in [2.05, 4.69) is 20.8 Å². The zero-order valence-electron chi connectivity index (χ0n) is 10.9. The molecule has 0 atom stereocenters. The fraction of sp³-hybridized carbons (Fsp3) is 0.417. The van der Waals surface area contributed by atoms with Gasteiger partial charge in [-0.1, -0.05) is 11.2 Å². The fourth-order valence-electron chi connectivity index (χ4n) is 1.57. The number of nitrogens with two attached hydrogens (primary N) is 1. The molecule has 1 rings (SSSR count). The number of hydrogen-bond acceptors (Lipinski definition) is 5. The van der Waals surface area contributed by atoms with Crippen molar-refractivity contribution in [1.29, 1.82) is 0 Å². The number of amides is 1. The van der Waals surface area contributed by atoms with E-state index < -0.39 is 0 Å². The first-order valence-corrected chi connectivity index (χ1v) is 6.08. The molecule has 1 aromatic rings. The minimum Gasteiger partial charge on any atom is -0.409 e. The molecular formula is C12H19N5O2. The Hall–Kier alpha value is -2.15. The Morgan fingerprint density at radius 2 is 2.37 bits per heavy atom. The van der Waals surface area contributed by atoms with Gasteiger partial charge in [-0.25, -0.2) is 0 Å². The van der Waals surface area contributed by atoms with Gasteiger partial charge in [0.05, 0.1) is 0 Å². The van der Waals surface area contributed by atoms with E-state index >= 15 is 0 Å². The van der Waals surface area contributed by atoms with Gasteiger partial charge in [0.1, 0.15) is 5.69 Å². The quantitative estimate of drug-likeness (QED) is 0.179. The summed E-state index contributed by atoms with van der Waals surface area (Å²) < 4.78 is 0. The molecule has 104 valence electrons. The molecule has 7 nitrogen and oxygen atoms in total. The van der Waals surface area contributed by atoms with Crippen LogP contribution in [-0.4, -0.2) is 35.0 Å². The average Bonchev–Trinajstić information content (AvgIpc) is 2.43. The number of amidine groups is 1. The van der Waals surface area contributed by atoms with Gasteiger partial charge in [-0.3, -0.25) is 9.78 Å². The van der Waals surface area contributed by atoms with E-state index in [0.29, 0.717) is 31.7 Å². The number of rotatable bonds is 7. The predicted molar refractivity (Wildman–Crippen MR) is 71.8 cm³/mol. The second kappa shape index (κ2) is 8.04. The van der Waals surface area contributed by atoms with Crippen molar-refractivity contribution in [3.8, 4) is 0 Å². The number of carbonyl (C=O) groups is 1. The topological polar surface area (TPSA) is 113 Å². The van der Waals surface area contributed by atoms with Crippen molar-refractivity contribution in [2.45, 2.75) is 19.9 Å². The van der Waals surface area contributed by atoms with Gasteiger partial charge in [0, 0.05) is 32.3 Å². The third-order valence-corrected chi connectivity index (χ3v) is 2.46. The molecule has 1 aromatic heterocycles. The highest BCUT2D eigenvalue weighted by atomic mass is 16.4. The van der Waals surface area contributed by atoms with Gasteiger partial charge in [-0.05, 0) is 18.6 Å². The van der Waals surface area contributed by atoms with E-state index in [4.69, 9.17) is 10.9 Å². The van der Waals surface area contributed by atoms with Crippen LogP contribution >= 0.6 is 0 Å². The summed E-state index contributed by atoms with van der Waals surface area (Å²) in [6.45, 7) is 3.56. The lowest BCUT2D eigenvalue weighted by molar-refractivity contribution is -0.120. The van der Waals surface area contributed by atoms with Gasteiger partial charge in [0.15, 0.2) is 5.84 Å². The number of pyridine rings is 1. The Kier molecular flexibility index (Phi) is 6.31. The summed E-state index contributed by atoms with van der Waals surface area (Å²) >= 11 is 0. The zero-order valence-corrected chi connectivity index (χ0v) is 10.9. The van der Waals surface area contributed by atoms with Crippen LogP contribution in [0.1, 0.15) is 24.6 Å². The SMILES string of the molecule is CCNC(=O)CCNCc1cccnc1/C(N)=N/O. The maximum absolute atomic E-state index is 11.2. The molecule has 5 N–H and O–H groups in total. The van der Waals surface area contributed by atoms with E-state index in [1.54, 1.807) is 12.3 Å². The molecule has 0 aromatic carbocycles. The molecule has 1 amide bonds. The third kappa shape index (κ3) is 4.92. The molecule has 0 aliphatic carbocycles. The van der Waals surface area contributed by atoms with Crippen molar-refractivity contribution >= 4 is 11.7 Å². The normalized spacial score (nSPS) is 11.3. The summed E-state index contributed by atoms with van der Waals surface area (Å²) in [4.78, 5) is 15.3. The van der Waals surface area contributed by atoms with Gasteiger partial charge >= 0.3 is 0 Å². The molecule has 0 aliphatic rings. The second-order valence-electron chi connectivity index (χ2n) is 3.88. The van der Waals surface area contributed by atoms with Gasteiger partial charge < -0.3 is 21.6 Å². The highest BCUT2D eigenvalue weighted by molar-refractivity contribution is 5.96. The third-order valence-electron chi connectivity index (χ3n) is 2.46. The van der Waals surface area contributed by atoms with Crippen LogP contribution in [0.2, 0.25) is 0 Å². The second-order valence-corrected chi connectivity index (χ2v) is 3.88. The van der Waals surface area contributed by atoms with E-state index in [0.717, 1.165) is 5.56 Å². The lowest BCUT2D eigenvalue weighted by Crippen LogP contribution is -2.28. The molecule has 0 bridgehead atoms. The van der Waals surface area contributed by atoms with Crippen LogP contribution in [-0.2, 0) is 11.3 Å². The van der Waals surface area contributed by atoms with Crippen LogP contribution in [0, 0.1) is 0 Å². The predicted octanol–water partition coefficient (Wildman–Crippen LogP) is -0.208. The van der Waals surface area contributed by atoms with Crippen LogP contribution in [0.4, 0.5) is 0 Å². The smallest absolute Gasteiger partial charge is 0.221 e. The first kappa shape index (κ1) is 14.9. The van der Waals surface area contributed by atoms with Crippen LogP contribution in [0.3, 0.4) is 0 Å². The highest BCUT2D eigenvalue weighted by Gasteiger charge is 2.07. The van der Waals surface area contributed by atoms with Crippen molar-refractivity contribution in [3.05, 3.63) is 29.6 Å². The summed E-state index contributed by atoms with van der Waals surface area (Å²) in [5, 5.41) is 17.4. The van der Waals surface area contributed by atoms with E-state index in [1.165, 1.54) is 0 Å². The Morgan fingerprint density at radius 3 is 3.05 bits per heavy atom. The van der Waals surface area contributed by atoms with E-state index in [1.807, 2.05) is 13.0 Å². The molecule has 0 spiro atoms. The molecule has 0 fully saturated rings. The summed E-state index contributed by atoms with van der Waals surface area (Å²) in [6, 6.07) is 3.61. The number of aromatic nitrogens is 1. The number of nitrogens with one attached hydrogen (secondary N) is 2. The Balaban J connectivity index is 2.48. The number of hydrogen-bond donors (Lipinski definition) is 4. The monoisotopic (exact) mass is 265 g/mol. The molecule has 0 aliphatic heterocycles. The van der Waals surface area contributed by atoms with Crippen LogP contribution in [0.15, 0.2) is 23.5 Å². The summed E-state index contributed by atoms with van der Waals surface area (Å²) in [6.07, 6.45) is 1.98. The summed E-state index contributed by atoms with van der Waals surface area (Å²) in [7, 11) is 0. The van der Waals surface area contributed by atoms with Crippen LogP contribution in [0.5, 0.6) is 0 Å². The molecule has 0 radical (unpaired) electrons. The lowest BCUT2D eigenvalue weighted by atomic mass is 10.2. The molecule has 19 heavy (non-hydrogen) atoms. The first-order chi connectivity index (χ1) is 9.19. The first-order valence-electron chi connectivity index (χ1n) is 6.08. The van der Waals surface area contributed by atoms with Gasteiger partial charge in [0.25, 0.3) is 0 Å². The molecule has 0 saturated heterocycles. The Bertz CT molecular complexity index is 448. The molecule has 7 heteroatoms. The van der Waals surface area contributed by atoms with E-state index in [-0.39, 0.29) is 11.7 Å². The number of oxime groups is 1. The minimum absolute atomic E-state index is 0.0119. The van der Waals surface area contributed by atoms with Gasteiger partial charge in [-0.2, -0.15) is 0 Å². The molecule has 0 saturated carbocycles. The van der Waals surface area contributed by atoms with E-state index in [9.17, 15) is 4.79 Å². The minimum atomic E-state index is -0.0267. The largest absolute Gasteiger partial charge is 0.409 e. The zero-order chi connectivity index (χ0) is 14.1. The van der Waals surface area contributed by atoms with Crippen LogP contribution in [0.25, 0.3) is 0 Å². The van der Waals surface area contributed by atoms with Crippen molar-refractivity contribution in [2.24, 2.45) is 10.9 Å². The number of carbonyl (C=O) groups excluding carboxylic acids is 1. The lowest BCUT2D eigenvalue weighted by Gasteiger charge is -2.08. The molecule has 1 heterocycles. The highest BCUT2D eigenvalue weighted by Crippen LogP contribution is 2.04. The van der Waals surface area contributed by atoms with Crippen LogP contribution < -0.4 is 16.4 Å². The maximum Gasteiger partial charge on any atom is 0.221 e. The van der Waals surface area contributed by atoms with Crippen molar-refractivity contribution in [2.75, 3.05) is 13.1 Å². The standard InChI is InChI=1S/C12H19N5O2/c1-2-15-10(18)5-7-14-8-9-4-3-6-16-11(9)12(13)17-19/h3-4,6,14,19H,2,5,7-8H2,1H3,(H2,13,17)(H,15,18).